The molecule has 3 N–H and O–H groups in total. The molecule has 3 aromatic rings. The van der Waals surface area contributed by atoms with Crippen molar-refractivity contribution >= 4 is 16.9 Å². The summed E-state index contributed by atoms with van der Waals surface area (Å²) in [6.07, 6.45) is 6.83. The number of rotatable bonds is 9. The Morgan fingerprint density at radius 1 is 1.22 bits per heavy atom. The highest BCUT2D eigenvalue weighted by Gasteiger charge is 2.04. The third kappa shape index (κ3) is 5.09. The Morgan fingerprint density at radius 2 is 2.11 bits per heavy atom. The van der Waals surface area contributed by atoms with E-state index in [-0.39, 0.29) is 0 Å². The Kier molecular flexibility index (Phi) is 6.84. The number of benzene rings is 1. The number of aryl methyl sites for hydroxylation is 2. The van der Waals surface area contributed by atoms with Gasteiger partial charge in [0.1, 0.15) is 12.2 Å². The van der Waals surface area contributed by atoms with Gasteiger partial charge in [-0.3, -0.25) is 4.99 Å². The zero-order valence-corrected chi connectivity index (χ0v) is 16.2. The van der Waals surface area contributed by atoms with Crippen LogP contribution >= 0.6 is 0 Å². The maximum atomic E-state index is 4.70. The number of para-hydroxylation sites is 1. The molecule has 0 unspecified atom stereocenters. The van der Waals surface area contributed by atoms with Crippen molar-refractivity contribution in [1.82, 2.24) is 30.4 Å². The first-order valence-electron chi connectivity index (χ1n) is 9.75. The minimum absolute atomic E-state index is 0.791. The van der Waals surface area contributed by atoms with Crippen LogP contribution in [0.5, 0.6) is 0 Å². The number of hydrogen-bond acceptors (Lipinski definition) is 3. The van der Waals surface area contributed by atoms with E-state index in [1.54, 1.807) is 6.33 Å². The SMILES string of the molecule is CCNC(=NCCCc1c[nH]c2ccccc12)NCCn1cnnc1CC. The number of hydrogen-bond donors (Lipinski definition) is 3. The summed E-state index contributed by atoms with van der Waals surface area (Å²) >= 11 is 0. The first-order valence-corrected chi connectivity index (χ1v) is 9.75. The quantitative estimate of drug-likeness (QED) is 0.308. The summed E-state index contributed by atoms with van der Waals surface area (Å²) in [6.45, 7) is 7.43. The van der Waals surface area contributed by atoms with Gasteiger partial charge in [0.25, 0.3) is 0 Å². The van der Waals surface area contributed by atoms with E-state index >= 15 is 0 Å². The van der Waals surface area contributed by atoms with Gasteiger partial charge < -0.3 is 20.2 Å². The van der Waals surface area contributed by atoms with Crippen LogP contribution in [0.2, 0.25) is 0 Å². The standard InChI is InChI=1S/C20H29N7/c1-3-19-26-25-15-27(19)13-12-23-20(21-4-2)22-11-7-8-16-14-24-18-10-6-5-9-17(16)18/h5-6,9-10,14-15,24H,3-4,7-8,11-13H2,1-2H3,(H2,21,22,23). The third-order valence-corrected chi connectivity index (χ3v) is 4.55. The second kappa shape index (κ2) is 9.75. The van der Waals surface area contributed by atoms with E-state index in [4.69, 9.17) is 4.99 Å². The number of aliphatic imine (C=N–C) groups is 1. The molecule has 27 heavy (non-hydrogen) atoms. The van der Waals surface area contributed by atoms with Crippen LogP contribution < -0.4 is 10.6 Å². The van der Waals surface area contributed by atoms with Crippen molar-refractivity contribution in [3.05, 3.63) is 48.2 Å². The van der Waals surface area contributed by atoms with Gasteiger partial charge in [0.15, 0.2) is 5.96 Å². The molecular formula is C20H29N7. The van der Waals surface area contributed by atoms with Crippen molar-refractivity contribution in [3.63, 3.8) is 0 Å². The number of H-pyrrole nitrogens is 1. The molecule has 0 amide bonds. The van der Waals surface area contributed by atoms with E-state index in [0.29, 0.717) is 0 Å². The molecule has 2 heterocycles. The molecule has 1 aromatic carbocycles. The number of guanidine groups is 1. The highest BCUT2D eigenvalue weighted by atomic mass is 15.3. The predicted molar refractivity (Wildman–Crippen MR) is 110 cm³/mol. The van der Waals surface area contributed by atoms with E-state index in [1.165, 1.54) is 16.5 Å². The maximum absolute atomic E-state index is 4.70. The van der Waals surface area contributed by atoms with Gasteiger partial charge in [-0.1, -0.05) is 25.1 Å². The summed E-state index contributed by atoms with van der Waals surface area (Å²) in [4.78, 5) is 8.03. The molecule has 0 saturated heterocycles. The van der Waals surface area contributed by atoms with Crippen LogP contribution in [0.4, 0.5) is 0 Å². The molecule has 0 saturated carbocycles. The molecule has 0 spiro atoms. The Morgan fingerprint density at radius 3 is 2.96 bits per heavy atom. The maximum Gasteiger partial charge on any atom is 0.191 e. The number of nitrogens with one attached hydrogen (secondary N) is 3. The topological polar surface area (TPSA) is 82.9 Å². The lowest BCUT2D eigenvalue weighted by Gasteiger charge is -2.12. The van der Waals surface area contributed by atoms with Crippen LogP contribution in [-0.2, 0) is 19.4 Å². The van der Waals surface area contributed by atoms with E-state index < -0.39 is 0 Å². The molecule has 7 nitrogen and oxygen atoms in total. The fourth-order valence-corrected chi connectivity index (χ4v) is 3.17. The Hall–Kier alpha value is -2.83. The van der Waals surface area contributed by atoms with Gasteiger partial charge >= 0.3 is 0 Å². The molecule has 0 fully saturated rings. The number of fused-ring (bicyclic) bond motifs is 1. The first kappa shape index (κ1) is 18.9. The number of aromatic nitrogens is 4. The van der Waals surface area contributed by atoms with E-state index in [2.05, 4.69) is 74.7 Å². The minimum atomic E-state index is 0.791. The van der Waals surface area contributed by atoms with Crippen LogP contribution in [0.1, 0.15) is 31.7 Å². The van der Waals surface area contributed by atoms with Crippen molar-refractivity contribution in [2.75, 3.05) is 19.6 Å². The zero-order valence-electron chi connectivity index (χ0n) is 16.2. The summed E-state index contributed by atoms with van der Waals surface area (Å²) in [6, 6.07) is 8.44. The van der Waals surface area contributed by atoms with Gasteiger partial charge in [0.05, 0.1) is 0 Å². The normalized spacial score (nSPS) is 11.9. The molecule has 144 valence electrons. The molecule has 3 rings (SSSR count). The Balaban J connectivity index is 1.47. The summed E-state index contributed by atoms with van der Waals surface area (Å²) in [5, 5.41) is 16.1. The smallest absolute Gasteiger partial charge is 0.191 e. The summed E-state index contributed by atoms with van der Waals surface area (Å²) in [7, 11) is 0. The van der Waals surface area contributed by atoms with E-state index in [1.807, 2.05) is 0 Å². The highest BCUT2D eigenvalue weighted by molar-refractivity contribution is 5.83. The van der Waals surface area contributed by atoms with Gasteiger partial charge in [-0.05, 0) is 31.4 Å². The lowest BCUT2D eigenvalue weighted by atomic mass is 10.1. The van der Waals surface area contributed by atoms with Gasteiger partial charge in [-0.15, -0.1) is 10.2 Å². The van der Waals surface area contributed by atoms with Gasteiger partial charge in [0, 0.05) is 49.7 Å². The summed E-state index contributed by atoms with van der Waals surface area (Å²) in [5.41, 5.74) is 2.56. The van der Waals surface area contributed by atoms with Gasteiger partial charge in [-0.25, -0.2) is 0 Å². The van der Waals surface area contributed by atoms with Crippen LogP contribution in [0.3, 0.4) is 0 Å². The molecule has 0 bridgehead atoms. The largest absolute Gasteiger partial charge is 0.361 e. The highest BCUT2D eigenvalue weighted by Crippen LogP contribution is 2.18. The fraction of sp³-hybridized carbons (Fsp3) is 0.450. The van der Waals surface area contributed by atoms with E-state index in [9.17, 15) is 0 Å². The Bertz CT molecular complexity index is 862. The number of aromatic amines is 1. The van der Waals surface area contributed by atoms with Gasteiger partial charge in [-0.2, -0.15) is 0 Å². The van der Waals surface area contributed by atoms with Crippen LogP contribution in [0, 0.1) is 0 Å². The first-order chi connectivity index (χ1) is 13.3. The average Bonchev–Trinajstić information content (AvgIpc) is 3.32. The molecule has 2 aromatic heterocycles. The molecular weight excluding hydrogens is 338 g/mol. The number of nitrogens with zero attached hydrogens (tertiary/aromatic N) is 4. The second-order valence-corrected chi connectivity index (χ2v) is 6.44. The summed E-state index contributed by atoms with van der Waals surface area (Å²) in [5.74, 6) is 1.88. The average molecular weight is 368 g/mol. The van der Waals surface area contributed by atoms with Crippen LogP contribution in [0.15, 0.2) is 41.8 Å². The van der Waals surface area contributed by atoms with Crippen LogP contribution in [0.25, 0.3) is 10.9 Å². The molecule has 0 aliphatic rings. The van der Waals surface area contributed by atoms with Crippen molar-refractivity contribution in [1.29, 1.82) is 0 Å². The minimum Gasteiger partial charge on any atom is -0.361 e. The van der Waals surface area contributed by atoms with Crippen molar-refractivity contribution < 1.29 is 0 Å². The molecule has 0 radical (unpaired) electrons. The Labute approximate surface area is 160 Å². The predicted octanol–water partition coefficient (Wildman–Crippen LogP) is 2.51. The lowest BCUT2D eigenvalue weighted by molar-refractivity contribution is 0.632. The van der Waals surface area contributed by atoms with Crippen molar-refractivity contribution in [3.8, 4) is 0 Å². The van der Waals surface area contributed by atoms with Gasteiger partial charge in [0.2, 0.25) is 0 Å². The fourth-order valence-electron chi connectivity index (χ4n) is 3.17. The van der Waals surface area contributed by atoms with Crippen LogP contribution in [-0.4, -0.2) is 45.3 Å². The van der Waals surface area contributed by atoms with Crippen molar-refractivity contribution in [2.45, 2.75) is 39.7 Å². The third-order valence-electron chi connectivity index (χ3n) is 4.55. The molecule has 0 aliphatic heterocycles. The van der Waals surface area contributed by atoms with Crippen molar-refractivity contribution in [2.24, 2.45) is 4.99 Å². The zero-order chi connectivity index (χ0) is 18.9. The molecule has 7 heteroatoms. The molecule has 0 aliphatic carbocycles. The molecule has 0 atom stereocenters. The lowest BCUT2D eigenvalue weighted by Crippen LogP contribution is -2.39. The van der Waals surface area contributed by atoms with E-state index in [0.717, 1.165) is 57.2 Å². The summed E-state index contributed by atoms with van der Waals surface area (Å²) < 4.78 is 2.08. The second-order valence-electron chi connectivity index (χ2n) is 6.44. The monoisotopic (exact) mass is 367 g/mol.